The second-order valence-electron chi connectivity index (χ2n) is 2.45. The molecule has 0 aliphatic heterocycles. The third-order valence-corrected chi connectivity index (χ3v) is 2.86. The first-order valence-corrected chi connectivity index (χ1v) is 4.01. The highest BCUT2D eigenvalue weighted by molar-refractivity contribution is 9.10. The summed E-state index contributed by atoms with van der Waals surface area (Å²) < 4.78 is 0.947. The molecule has 0 aliphatic rings. The third-order valence-electron chi connectivity index (χ3n) is 1.67. The van der Waals surface area contributed by atoms with Gasteiger partial charge in [0.25, 0.3) is 0 Å². The van der Waals surface area contributed by atoms with Gasteiger partial charge in [-0.15, -0.1) is 0 Å². The van der Waals surface area contributed by atoms with Crippen LogP contribution in [0.15, 0.2) is 4.47 Å². The van der Waals surface area contributed by atoms with Gasteiger partial charge >= 0.3 is 0 Å². The van der Waals surface area contributed by atoms with Crippen LogP contribution in [-0.4, -0.2) is 4.98 Å². The average Bonchev–Trinajstić information content (AvgIpc) is 1.97. The predicted molar refractivity (Wildman–Crippen MR) is 50.2 cm³/mol. The molecule has 0 amide bonds. The molecule has 0 atom stereocenters. The summed E-state index contributed by atoms with van der Waals surface area (Å²) in [6.07, 6.45) is 0. The molecule has 0 fully saturated rings. The Bertz CT molecular complexity index is 270. The number of anilines is 2. The molecule has 0 spiro atoms. The number of pyridine rings is 1. The number of hydrogen-bond acceptors (Lipinski definition) is 3. The van der Waals surface area contributed by atoms with Gasteiger partial charge in [-0.1, -0.05) is 0 Å². The second kappa shape index (κ2) is 2.70. The maximum absolute atomic E-state index is 5.57. The summed E-state index contributed by atoms with van der Waals surface area (Å²) in [6, 6.07) is 0. The zero-order valence-electron chi connectivity index (χ0n) is 6.48. The lowest BCUT2D eigenvalue weighted by Gasteiger charge is -2.07. The van der Waals surface area contributed by atoms with E-state index in [2.05, 4.69) is 20.9 Å². The van der Waals surface area contributed by atoms with Gasteiger partial charge < -0.3 is 11.5 Å². The first-order valence-electron chi connectivity index (χ1n) is 3.21. The van der Waals surface area contributed by atoms with E-state index in [-0.39, 0.29) is 0 Å². The van der Waals surface area contributed by atoms with Crippen LogP contribution in [0.5, 0.6) is 0 Å². The number of rotatable bonds is 0. The summed E-state index contributed by atoms with van der Waals surface area (Å²) in [6.45, 7) is 3.80. The van der Waals surface area contributed by atoms with E-state index in [4.69, 9.17) is 11.5 Å². The maximum Gasteiger partial charge on any atom is 0.129 e. The fourth-order valence-electron chi connectivity index (χ4n) is 0.804. The summed E-state index contributed by atoms with van der Waals surface area (Å²) in [5.74, 6) is 0.972. The molecule has 11 heavy (non-hydrogen) atoms. The first kappa shape index (κ1) is 8.33. The SMILES string of the molecule is Cc1c(N)nc(N)c(C)c1Br. The molecule has 0 aromatic carbocycles. The lowest BCUT2D eigenvalue weighted by atomic mass is 10.2. The van der Waals surface area contributed by atoms with Gasteiger partial charge in [-0.25, -0.2) is 4.98 Å². The topological polar surface area (TPSA) is 64.9 Å². The Morgan fingerprint density at radius 3 is 1.82 bits per heavy atom. The molecule has 0 bridgehead atoms. The normalized spacial score (nSPS) is 10.1. The summed E-state index contributed by atoms with van der Waals surface area (Å²) in [7, 11) is 0. The number of nitrogen functional groups attached to an aromatic ring is 2. The van der Waals surface area contributed by atoms with Gasteiger partial charge in [-0.3, -0.25) is 0 Å². The van der Waals surface area contributed by atoms with Crippen LogP contribution in [0.4, 0.5) is 11.6 Å². The molecule has 0 saturated carbocycles. The van der Waals surface area contributed by atoms with E-state index in [0.29, 0.717) is 11.6 Å². The Morgan fingerprint density at radius 1 is 1.09 bits per heavy atom. The summed E-state index contributed by atoms with van der Waals surface area (Å²) in [5, 5.41) is 0. The molecule has 0 radical (unpaired) electrons. The molecule has 1 aromatic heterocycles. The minimum Gasteiger partial charge on any atom is -0.383 e. The van der Waals surface area contributed by atoms with Gasteiger partial charge in [0.05, 0.1) is 0 Å². The van der Waals surface area contributed by atoms with E-state index in [9.17, 15) is 0 Å². The van der Waals surface area contributed by atoms with Gasteiger partial charge in [0.1, 0.15) is 11.6 Å². The van der Waals surface area contributed by atoms with E-state index in [1.54, 1.807) is 0 Å². The molecule has 60 valence electrons. The zero-order chi connectivity index (χ0) is 8.59. The second-order valence-corrected chi connectivity index (χ2v) is 3.24. The third kappa shape index (κ3) is 1.30. The fraction of sp³-hybridized carbons (Fsp3) is 0.286. The molecule has 3 nitrogen and oxygen atoms in total. The molecular weight excluding hydrogens is 206 g/mol. The number of nitrogens with zero attached hydrogens (tertiary/aromatic N) is 1. The molecule has 0 unspecified atom stereocenters. The van der Waals surface area contributed by atoms with E-state index in [1.807, 2.05) is 13.8 Å². The van der Waals surface area contributed by atoms with Crippen LogP contribution in [0.3, 0.4) is 0 Å². The van der Waals surface area contributed by atoms with Crippen molar-refractivity contribution in [2.24, 2.45) is 0 Å². The summed E-state index contributed by atoms with van der Waals surface area (Å²) in [4.78, 5) is 3.96. The van der Waals surface area contributed by atoms with Crippen LogP contribution in [-0.2, 0) is 0 Å². The van der Waals surface area contributed by atoms with Gasteiger partial charge in [-0.2, -0.15) is 0 Å². The van der Waals surface area contributed by atoms with Crippen LogP contribution in [0.1, 0.15) is 11.1 Å². The van der Waals surface area contributed by atoms with Crippen molar-refractivity contribution in [3.8, 4) is 0 Å². The number of hydrogen-bond donors (Lipinski definition) is 2. The molecule has 0 aliphatic carbocycles. The van der Waals surface area contributed by atoms with Crippen molar-refractivity contribution in [3.05, 3.63) is 15.6 Å². The molecule has 0 saturated heterocycles. The van der Waals surface area contributed by atoms with E-state index < -0.39 is 0 Å². The average molecular weight is 216 g/mol. The van der Waals surface area contributed by atoms with Crippen molar-refractivity contribution in [2.45, 2.75) is 13.8 Å². The standard InChI is InChI=1S/C7H10BrN3/c1-3-5(8)4(2)7(10)11-6(3)9/h1-2H3,(H4,9,10,11). The van der Waals surface area contributed by atoms with Crippen LogP contribution in [0.2, 0.25) is 0 Å². The van der Waals surface area contributed by atoms with E-state index in [0.717, 1.165) is 15.6 Å². The molecule has 1 rings (SSSR count). The lowest BCUT2D eigenvalue weighted by Crippen LogP contribution is -2.02. The van der Waals surface area contributed by atoms with Crippen LogP contribution >= 0.6 is 15.9 Å². The highest BCUT2D eigenvalue weighted by Crippen LogP contribution is 2.27. The van der Waals surface area contributed by atoms with Crippen molar-refractivity contribution in [3.63, 3.8) is 0 Å². The Morgan fingerprint density at radius 2 is 1.45 bits per heavy atom. The van der Waals surface area contributed by atoms with Gasteiger partial charge in [0.15, 0.2) is 0 Å². The Hall–Kier alpha value is -0.770. The van der Waals surface area contributed by atoms with E-state index >= 15 is 0 Å². The molecule has 1 heterocycles. The summed E-state index contributed by atoms with van der Waals surface area (Å²) >= 11 is 3.38. The number of halogens is 1. The smallest absolute Gasteiger partial charge is 0.129 e. The monoisotopic (exact) mass is 215 g/mol. The predicted octanol–water partition coefficient (Wildman–Crippen LogP) is 1.63. The Kier molecular flexibility index (Phi) is 2.04. The van der Waals surface area contributed by atoms with Gasteiger partial charge in [0.2, 0.25) is 0 Å². The maximum atomic E-state index is 5.57. The lowest BCUT2D eigenvalue weighted by molar-refractivity contribution is 1.22. The van der Waals surface area contributed by atoms with Crippen molar-refractivity contribution in [1.82, 2.24) is 4.98 Å². The van der Waals surface area contributed by atoms with E-state index in [1.165, 1.54) is 0 Å². The minimum absolute atomic E-state index is 0.486. The van der Waals surface area contributed by atoms with Crippen LogP contribution < -0.4 is 11.5 Å². The molecule has 1 aromatic rings. The first-order chi connectivity index (χ1) is 5.04. The number of nitrogens with two attached hydrogens (primary N) is 2. The zero-order valence-corrected chi connectivity index (χ0v) is 8.07. The van der Waals surface area contributed by atoms with Crippen molar-refractivity contribution in [2.75, 3.05) is 11.5 Å². The number of aromatic nitrogens is 1. The van der Waals surface area contributed by atoms with Gasteiger partial charge in [0, 0.05) is 15.6 Å². The van der Waals surface area contributed by atoms with Gasteiger partial charge in [-0.05, 0) is 29.8 Å². The van der Waals surface area contributed by atoms with Crippen molar-refractivity contribution in [1.29, 1.82) is 0 Å². The fourth-order valence-corrected chi connectivity index (χ4v) is 1.21. The van der Waals surface area contributed by atoms with Crippen LogP contribution in [0, 0.1) is 13.8 Å². The molecule has 4 heteroatoms. The van der Waals surface area contributed by atoms with Crippen LogP contribution in [0.25, 0.3) is 0 Å². The summed E-state index contributed by atoms with van der Waals surface area (Å²) in [5.41, 5.74) is 13.0. The highest BCUT2D eigenvalue weighted by Gasteiger charge is 2.06. The Balaban J connectivity index is 3.46. The molecular formula is C7H10BrN3. The quantitative estimate of drug-likeness (QED) is 0.692. The molecule has 4 N–H and O–H groups in total. The Labute approximate surface area is 73.9 Å². The van der Waals surface area contributed by atoms with Crippen molar-refractivity contribution < 1.29 is 0 Å². The highest BCUT2D eigenvalue weighted by atomic mass is 79.9. The largest absolute Gasteiger partial charge is 0.383 e. The van der Waals surface area contributed by atoms with Crippen molar-refractivity contribution >= 4 is 27.6 Å². The minimum atomic E-state index is 0.486.